The van der Waals surface area contributed by atoms with Crippen molar-refractivity contribution in [2.45, 2.75) is 73.8 Å². The third-order valence-corrected chi connectivity index (χ3v) is 5.24. The second kappa shape index (κ2) is 9.00. The molecule has 3 heteroatoms. The molecule has 1 aromatic rings. The molecule has 0 aliphatic heterocycles. The van der Waals surface area contributed by atoms with E-state index in [0.29, 0.717) is 0 Å². The number of rotatable bonds is 8. The van der Waals surface area contributed by atoms with Crippen molar-refractivity contribution in [3.8, 4) is 0 Å². The lowest BCUT2D eigenvalue weighted by molar-refractivity contribution is -0.125. The standard InChI is InChI=1S/C21H33NO2/c1-13(12-23)8-9-16(4)22-21(24)15(3)11-20-10-14(2)17(5)18(6)19(20)7/h10,12-13,15-16H,8-9,11H2,1-7H3,(H,22,24)/t13?,15-,16+/m0/s1. The highest BCUT2D eigenvalue weighted by Crippen LogP contribution is 2.23. The number of hydrogen-bond donors (Lipinski definition) is 1. The number of hydrogen-bond acceptors (Lipinski definition) is 2. The molecule has 3 nitrogen and oxygen atoms in total. The van der Waals surface area contributed by atoms with Crippen LogP contribution in [0.2, 0.25) is 0 Å². The fourth-order valence-electron chi connectivity index (χ4n) is 2.97. The molecule has 1 rings (SSSR count). The van der Waals surface area contributed by atoms with Crippen LogP contribution in [0.4, 0.5) is 0 Å². The Balaban J connectivity index is 2.66. The minimum atomic E-state index is -0.0591. The smallest absolute Gasteiger partial charge is 0.223 e. The van der Waals surface area contributed by atoms with Gasteiger partial charge in [-0.2, -0.15) is 0 Å². The van der Waals surface area contributed by atoms with Crippen LogP contribution in [0.1, 0.15) is 61.4 Å². The highest BCUT2D eigenvalue weighted by atomic mass is 16.1. The summed E-state index contributed by atoms with van der Waals surface area (Å²) in [5.41, 5.74) is 6.52. The molecule has 1 unspecified atom stereocenters. The fourth-order valence-corrected chi connectivity index (χ4v) is 2.97. The summed E-state index contributed by atoms with van der Waals surface area (Å²) in [5.74, 6) is 0.0932. The van der Waals surface area contributed by atoms with Gasteiger partial charge in [0, 0.05) is 17.9 Å². The number of carbonyl (C=O) groups is 2. The first kappa shape index (κ1) is 20.4. The number of nitrogens with one attached hydrogen (secondary N) is 1. The van der Waals surface area contributed by atoms with Crippen LogP contribution in [-0.4, -0.2) is 18.2 Å². The molecule has 0 aliphatic rings. The highest BCUT2D eigenvalue weighted by molar-refractivity contribution is 5.79. The summed E-state index contributed by atoms with van der Waals surface area (Å²) in [7, 11) is 0. The molecule has 0 saturated heterocycles. The zero-order valence-corrected chi connectivity index (χ0v) is 16.3. The van der Waals surface area contributed by atoms with Crippen LogP contribution >= 0.6 is 0 Å². The number of amides is 1. The minimum absolute atomic E-state index is 0.0583. The Kier molecular flexibility index (Phi) is 7.65. The molecule has 0 fully saturated rings. The van der Waals surface area contributed by atoms with E-state index in [0.717, 1.165) is 25.5 Å². The van der Waals surface area contributed by atoms with Crippen molar-refractivity contribution >= 4 is 12.2 Å². The zero-order valence-electron chi connectivity index (χ0n) is 16.3. The molecule has 1 aromatic carbocycles. The maximum Gasteiger partial charge on any atom is 0.223 e. The number of benzene rings is 1. The van der Waals surface area contributed by atoms with Crippen LogP contribution in [0.5, 0.6) is 0 Å². The predicted octanol–water partition coefficient (Wildman–Crippen LogP) is 4.22. The summed E-state index contributed by atoms with van der Waals surface area (Å²) in [6.45, 7) is 14.5. The first-order chi connectivity index (χ1) is 11.2. The molecule has 0 aromatic heterocycles. The Bertz CT molecular complexity index is 592. The van der Waals surface area contributed by atoms with Crippen LogP contribution in [0.25, 0.3) is 0 Å². The average Bonchev–Trinajstić information content (AvgIpc) is 2.55. The Morgan fingerprint density at radius 2 is 1.67 bits per heavy atom. The fraction of sp³-hybridized carbons (Fsp3) is 0.619. The molecule has 0 radical (unpaired) electrons. The van der Waals surface area contributed by atoms with Gasteiger partial charge in [0.25, 0.3) is 0 Å². The summed E-state index contributed by atoms with van der Waals surface area (Å²) in [6, 6.07) is 2.32. The Morgan fingerprint density at radius 3 is 2.25 bits per heavy atom. The molecule has 0 saturated carbocycles. The quantitative estimate of drug-likeness (QED) is 0.725. The predicted molar refractivity (Wildman–Crippen MR) is 100 cm³/mol. The number of aryl methyl sites for hydroxylation is 1. The minimum Gasteiger partial charge on any atom is -0.353 e. The third-order valence-electron chi connectivity index (χ3n) is 5.24. The second-order valence-corrected chi connectivity index (χ2v) is 7.43. The summed E-state index contributed by atoms with van der Waals surface area (Å²) in [6.07, 6.45) is 3.38. The van der Waals surface area contributed by atoms with Crippen LogP contribution in [-0.2, 0) is 16.0 Å². The van der Waals surface area contributed by atoms with E-state index in [9.17, 15) is 9.59 Å². The SMILES string of the molecule is Cc1cc(C[C@H](C)C(=O)N[C@H](C)CCC(C)C=O)c(C)c(C)c1C. The molecule has 0 bridgehead atoms. The molecule has 0 aliphatic carbocycles. The van der Waals surface area contributed by atoms with Gasteiger partial charge in [0.15, 0.2) is 0 Å². The molecule has 1 amide bonds. The Labute approximate surface area is 147 Å². The lowest BCUT2D eigenvalue weighted by Gasteiger charge is -2.20. The summed E-state index contributed by atoms with van der Waals surface area (Å²) < 4.78 is 0. The van der Waals surface area contributed by atoms with Gasteiger partial charge in [-0.05, 0) is 81.7 Å². The van der Waals surface area contributed by atoms with E-state index < -0.39 is 0 Å². The van der Waals surface area contributed by atoms with Crippen LogP contribution < -0.4 is 5.32 Å². The molecular weight excluding hydrogens is 298 g/mol. The summed E-state index contributed by atoms with van der Waals surface area (Å²) in [5, 5.41) is 3.08. The van der Waals surface area contributed by atoms with E-state index in [4.69, 9.17) is 0 Å². The van der Waals surface area contributed by atoms with Crippen molar-refractivity contribution in [1.82, 2.24) is 5.32 Å². The van der Waals surface area contributed by atoms with Crippen LogP contribution in [0.15, 0.2) is 6.07 Å². The van der Waals surface area contributed by atoms with Crippen LogP contribution in [0, 0.1) is 39.5 Å². The lowest BCUT2D eigenvalue weighted by Crippen LogP contribution is -2.37. The molecule has 24 heavy (non-hydrogen) atoms. The first-order valence-corrected chi connectivity index (χ1v) is 8.99. The van der Waals surface area contributed by atoms with Gasteiger partial charge in [-0.1, -0.05) is 19.9 Å². The second-order valence-electron chi connectivity index (χ2n) is 7.43. The van der Waals surface area contributed by atoms with Gasteiger partial charge < -0.3 is 10.1 Å². The average molecular weight is 332 g/mol. The van der Waals surface area contributed by atoms with Crippen molar-refractivity contribution in [3.05, 3.63) is 33.9 Å². The van der Waals surface area contributed by atoms with Crippen LogP contribution in [0.3, 0.4) is 0 Å². The lowest BCUT2D eigenvalue weighted by atomic mass is 9.89. The Morgan fingerprint density at radius 1 is 1.04 bits per heavy atom. The molecular formula is C21H33NO2. The van der Waals surface area contributed by atoms with E-state index in [2.05, 4.69) is 39.1 Å². The molecule has 1 N–H and O–H groups in total. The summed E-state index contributed by atoms with van der Waals surface area (Å²) in [4.78, 5) is 23.1. The first-order valence-electron chi connectivity index (χ1n) is 8.99. The number of aldehydes is 1. The van der Waals surface area contributed by atoms with Gasteiger partial charge in [0.2, 0.25) is 5.91 Å². The molecule has 3 atom stereocenters. The van der Waals surface area contributed by atoms with Crippen molar-refractivity contribution in [3.63, 3.8) is 0 Å². The highest BCUT2D eigenvalue weighted by Gasteiger charge is 2.18. The van der Waals surface area contributed by atoms with Crippen molar-refractivity contribution in [1.29, 1.82) is 0 Å². The van der Waals surface area contributed by atoms with Gasteiger partial charge in [-0.15, -0.1) is 0 Å². The molecule has 0 heterocycles. The van der Waals surface area contributed by atoms with Crippen molar-refractivity contribution in [2.24, 2.45) is 11.8 Å². The van der Waals surface area contributed by atoms with E-state index in [1.807, 2.05) is 20.8 Å². The molecule has 0 spiro atoms. The van der Waals surface area contributed by atoms with E-state index >= 15 is 0 Å². The monoisotopic (exact) mass is 331 g/mol. The van der Waals surface area contributed by atoms with Crippen molar-refractivity contribution < 1.29 is 9.59 Å². The Hall–Kier alpha value is -1.64. The van der Waals surface area contributed by atoms with E-state index in [1.54, 1.807) is 0 Å². The van der Waals surface area contributed by atoms with Gasteiger partial charge in [0.05, 0.1) is 0 Å². The van der Waals surface area contributed by atoms with E-state index in [1.165, 1.54) is 27.8 Å². The van der Waals surface area contributed by atoms with Gasteiger partial charge in [0.1, 0.15) is 6.29 Å². The maximum absolute atomic E-state index is 12.4. The molecule has 134 valence electrons. The van der Waals surface area contributed by atoms with Gasteiger partial charge >= 0.3 is 0 Å². The van der Waals surface area contributed by atoms with Crippen molar-refractivity contribution in [2.75, 3.05) is 0 Å². The summed E-state index contributed by atoms with van der Waals surface area (Å²) >= 11 is 0. The number of carbonyl (C=O) groups excluding carboxylic acids is 2. The third kappa shape index (κ3) is 5.47. The van der Waals surface area contributed by atoms with Gasteiger partial charge in [-0.25, -0.2) is 0 Å². The van der Waals surface area contributed by atoms with Gasteiger partial charge in [-0.3, -0.25) is 4.79 Å². The van der Waals surface area contributed by atoms with E-state index in [-0.39, 0.29) is 23.8 Å². The normalized spacial score (nSPS) is 14.8. The largest absolute Gasteiger partial charge is 0.353 e. The topological polar surface area (TPSA) is 46.2 Å². The maximum atomic E-state index is 12.4. The zero-order chi connectivity index (χ0) is 18.4.